The molecule has 2 fully saturated rings. The number of hydrogen-bond acceptors (Lipinski definition) is 6. The normalized spacial score (nSPS) is 20.6. The number of hydrogen-bond donors (Lipinski definition) is 4. The van der Waals surface area contributed by atoms with E-state index in [0.29, 0.717) is 34.6 Å². The SMILES string of the molecule is Cc1cc(Nc2nc(Nc3cc(C)c([C@H]4CC[C@H](NC5CC5)CC4)cc3C)ncc2Cl)n[nH]1. The summed E-state index contributed by atoms with van der Waals surface area (Å²) in [7, 11) is 0. The molecule has 2 aliphatic rings. The summed E-state index contributed by atoms with van der Waals surface area (Å²) >= 11 is 6.30. The van der Waals surface area contributed by atoms with Gasteiger partial charge in [-0.2, -0.15) is 10.1 Å². The molecule has 0 saturated heterocycles. The van der Waals surface area contributed by atoms with Crippen LogP contribution in [0.15, 0.2) is 24.4 Å². The van der Waals surface area contributed by atoms with Gasteiger partial charge in [-0.15, -0.1) is 0 Å². The first-order valence-corrected chi connectivity index (χ1v) is 12.3. The number of H-pyrrole nitrogens is 1. The van der Waals surface area contributed by atoms with E-state index < -0.39 is 0 Å². The highest BCUT2D eigenvalue weighted by Crippen LogP contribution is 2.38. The number of benzene rings is 1. The van der Waals surface area contributed by atoms with Gasteiger partial charge in [-0.25, -0.2) is 4.98 Å². The van der Waals surface area contributed by atoms with Gasteiger partial charge in [0, 0.05) is 29.5 Å². The van der Waals surface area contributed by atoms with Crippen molar-refractivity contribution in [1.82, 2.24) is 25.5 Å². The Morgan fingerprint density at radius 2 is 1.64 bits per heavy atom. The average Bonchev–Trinajstić information content (AvgIpc) is 3.52. The van der Waals surface area contributed by atoms with Crippen molar-refractivity contribution in [3.8, 4) is 0 Å². The van der Waals surface area contributed by atoms with Gasteiger partial charge in [0.05, 0.1) is 6.20 Å². The van der Waals surface area contributed by atoms with E-state index in [1.165, 1.54) is 55.2 Å². The molecule has 0 unspecified atom stereocenters. The summed E-state index contributed by atoms with van der Waals surface area (Å²) in [6.07, 6.45) is 9.42. The fraction of sp³-hybridized carbons (Fsp3) is 0.480. The van der Waals surface area contributed by atoms with Gasteiger partial charge in [-0.05, 0) is 88.0 Å². The molecular formula is C25H32ClN7. The number of halogens is 1. The van der Waals surface area contributed by atoms with E-state index in [-0.39, 0.29) is 0 Å². The summed E-state index contributed by atoms with van der Waals surface area (Å²) in [6, 6.07) is 7.98. The van der Waals surface area contributed by atoms with E-state index >= 15 is 0 Å². The summed E-state index contributed by atoms with van der Waals surface area (Å²) in [5.41, 5.74) is 5.98. The Kier molecular flexibility index (Phi) is 6.25. The molecule has 4 N–H and O–H groups in total. The van der Waals surface area contributed by atoms with Gasteiger partial charge in [-0.3, -0.25) is 5.10 Å². The summed E-state index contributed by atoms with van der Waals surface area (Å²) in [4.78, 5) is 8.94. The zero-order valence-corrected chi connectivity index (χ0v) is 20.3. The highest BCUT2D eigenvalue weighted by Gasteiger charge is 2.29. The number of anilines is 4. The minimum atomic E-state index is 0.441. The van der Waals surface area contributed by atoms with Crippen LogP contribution in [-0.2, 0) is 0 Å². The standard InChI is InChI=1S/C25H32ClN7/c1-14-11-22(15(2)10-20(14)17-4-6-18(7-5-17)28-19-8-9-19)29-25-27-13-21(26)24(31-25)30-23-12-16(3)32-33-23/h10-13,17-19,28H,4-9H2,1-3H3,(H3,27,29,30,31,32,33)/t17-,18-. The second-order valence-electron chi connectivity index (χ2n) is 9.59. The number of aryl methyl sites for hydroxylation is 3. The van der Waals surface area contributed by atoms with E-state index in [1.54, 1.807) is 6.20 Å². The Morgan fingerprint density at radius 1 is 0.909 bits per heavy atom. The monoisotopic (exact) mass is 465 g/mol. The fourth-order valence-electron chi connectivity index (χ4n) is 4.81. The van der Waals surface area contributed by atoms with Crippen LogP contribution < -0.4 is 16.0 Å². The Balaban J connectivity index is 1.28. The zero-order chi connectivity index (χ0) is 22.9. The lowest BCUT2D eigenvalue weighted by Crippen LogP contribution is -2.34. The van der Waals surface area contributed by atoms with Crippen molar-refractivity contribution in [2.45, 2.75) is 77.3 Å². The van der Waals surface area contributed by atoms with Gasteiger partial charge in [0.15, 0.2) is 11.6 Å². The second-order valence-corrected chi connectivity index (χ2v) is 10.00. The first-order chi connectivity index (χ1) is 15.9. The molecule has 0 aliphatic heterocycles. The fourth-order valence-corrected chi connectivity index (χ4v) is 4.94. The Hall–Kier alpha value is -2.64. The topological polar surface area (TPSA) is 90.6 Å². The third-order valence-corrected chi connectivity index (χ3v) is 7.05. The quantitative estimate of drug-likeness (QED) is 0.340. The minimum absolute atomic E-state index is 0.441. The molecule has 0 bridgehead atoms. The molecule has 0 amide bonds. The van der Waals surface area contributed by atoms with E-state index in [0.717, 1.165) is 17.4 Å². The Morgan fingerprint density at radius 3 is 2.30 bits per heavy atom. The highest BCUT2D eigenvalue weighted by molar-refractivity contribution is 6.32. The van der Waals surface area contributed by atoms with E-state index in [2.05, 4.69) is 62.1 Å². The molecule has 8 heteroatoms. The minimum Gasteiger partial charge on any atom is -0.324 e. The van der Waals surface area contributed by atoms with Crippen LogP contribution >= 0.6 is 11.6 Å². The molecule has 2 saturated carbocycles. The molecule has 2 aliphatic carbocycles. The van der Waals surface area contributed by atoms with Crippen molar-refractivity contribution >= 4 is 34.9 Å². The average molecular weight is 466 g/mol. The maximum atomic E-state index is 6.30. The number of aromatic amines is 1. The maximum Gasteiger partial charge on any atom is 0.229 e. The molecule has 0 spiro atoms. The Labute approximate surface area is 200 Å². The van der Waals surface area contributed by atoms with Crippen molar-refractivity contribution in [2.24, 2.45) is 0 Å². The van der Waals surface area contributed by atoms with Crippen LogP contribution in [0.1, 0.15) is 66.8 Å². The van der Waals surface area contributed by atoms with Crippen LogP contribution in [0.4, 0.5) is 23.3 Å². The van der Waals surface area contributed by atoms with Crippen molar-refractivity contribution < 1.29 is 0 Å². The van der Waals surface area contributed by atoms with Crippen LogP contribution in [0, 0.1) is 20.8 Å². The van der Waals surface area contributed by atoms with Crippen LogP contribution in [0.25, 0.3) is 0 Å². The van der Waals surface area contributed by atoms with Crippen molar-refractivity contribution in [3.05, 3.63) is 51.8 Å². The molecule has 5 rings (SSSR count). The molecule has 7 nitrogen and oxygen atoms in total. The van der Waals surface area contributed by atoms with Crippen LogP contribution in [0.5, 0.6) is 0 Å². The van der Waals surface area contributed by atoms with Gasteiger partial charge in [-0.1, -0.05) is 17.7 Å². The van der Waals surface area contributed by atoms with Crippen molar-refractivity contribution in [3.63, 3.8) is 0 Å². The van der Waals surface area contributed by atoms with Crippen molar-refractivity contribution in [2.75, 3.05) is 10.6 Å². The second kappa shape index (κ2) is 9.31. The van der Waals surface area contributed by atoms with Crippen molar-refractivity contribution in [1.29, 1.82) is 0 Å². The van der Waals surface area contributed by atoms with E-state index in [9.17, 15) is 0 Å². The van der Waals surface area contributed by atoms with Crippen LogP contribution in [0.3, 0.4) is 0 Å². The predicted octanol–water partition coefficient (Wildman–Crippen LogP) is 6.04. The lowest BCUT2D eigenvalue weighted by molar-refractivity contribution is 0.340. The Bertz CT molecular complexity index is 1130. The number of nitrogens with zero attached hydrogens (tertiary/aromatic N) is 3. The summed E-state index contributed by atoms with van der Waals surface area (Å²) in [6.45, 7) is 6.30. The number of nitrogens with one attached hydrogen (secondary N) is 4. The molecule has 0 atom stereocenters. The van der Waals surface area contributed by atoms with Gasteiger partial charge >= 0.3 is 0 Å². The van der Waals surface area contributed by atoms with Crippen LogP contribution in [0.2, 0.25) is 5.02 Å². The van der Waals surface area contributed by atoms with Gasteiger partial charge in [0.2, 0.25) is 5.95 Å². The third kappa shape index (κ3) is 5.31. The van der Waals surface area contributed by atoms with Gasteiger partial charge in [0.1, 0.15) is 5.02 Å². The smallest absolute Gasteiger partial charge is 0.229 e. The molecule has 174 valence electrons. The first-order valence-electron chi connectivity index (χ1n) is 11.9. The lowest BCUT2D eigenvalue weighted by atomic mass is 9.79. The highest BCUT2D eigenvalue weighted by atomic mass is 35.5. The number of rotatable bonds is 7. The van der Waals surface area contributed by atoms with Gasteiger partial charge < -0.3 is 16.0 Å². The van der Waals surface area contributed by atoms with Gasteiger partial charge in [0.25, 0.3) is 0 Å². The molecular weight excluding hydrogens is 434 g/mol. The zero-order valence-electron chi connectivity index (χ0n) is 19.5. The molecule has 0 radical (unpaired) electrons. The summed E-state index contributed by atoms with van der Waals surface area (Å²) in [5.74, 6) is 2.33. The molecule has 2 heterocycles. The molecule has 33 heavy (non-hydrogen) atoms. The lowest BCUT2D eigenvalue weighted by Gasteiger charge is -2.31. The molecule has 3 aromatic rings. The molecule has 2 aromatic heterocycles. The molecule has 1 aromatic carbocycles. The number of aromatic nitrogens is 4. The summed E-state index contributed by atoms with van der Waals surface area (Å²) in [5, 5.41) is 17.9. The predicted molar refractivity (Wildman–Crippen MR) is 134 cm³/mol. The summed E-state index contributed by atoms with van der Waals surface area (Å²) < 4.78 is 0. The van der Waals surface area contributed by atoms with E-state index in [1.807, 2.05) is 13.0 Å². The van der Waals surface area contributed by atoms with Crippen LogP contribution in [-0.4, -0.2) is 32.2 Å². The largest absolute Gasteiger partial charge is 0.324 e. The first kappa shape index (κ1) is 22.2. The van der Waals surface area contributed by atoms with E-state index in [4.69, 9.17) is 11.6 Å². The third-order valence-electron chi connectivity index (χ3n) is 6.77. The maximum absolute atomic E-state index is 6.30.